The Bertz CT molecular complexity index is 893. The maximum absolute atomic E-state index is 13.1. The quantitative estimate of drug-likeness (QED) is 0.416. The van der Waals surface area contributed by atoms with Crippen LogP contribution in [0.2, 0.25) is 0 Å². The molecule has 1 N–H and O–H groups in total. The van der Waals surface area contributed by atoms with E-state index in [9.17, 15) is 19.2 Å². The summed E-state index contributed by atoms with van der Waals surface area (Å²) in [6.07, 6.45) is 7.05. The van der Waals surface area contributed by atoms with Crippen LogP contribution in [0.3, 0.4) is 0 Å². The second kappa shape index (κ2) is 9.81. The average Bonchev–Trinajstić information content (AvgIpc) is 3.18. The normalized spacial score (nSPS) is 25.9. The third-order valence-corrected chi connectivity index (χ3v) is 7.01. The maximum Gasteiger partial charge on any atom is 0.246 e. The lowest BCUT2D eigenvalue weighted by atomic mass is 9.89. The van der Waals surface area contributed by atoms with Crippen LogP contribution < -0.4 is 0 Å². The summed E-state index contributed by atoms with van der Waals surface area (Å²) in [4.78, 5) is 31.7. The number of amides is 1. The summed E-state index contributed by atoms with van der Waals surface area (Å²) in [5.41, 5.74) is 1.25. The van der Waals surface area contributed by atoms with Crippen LogP contribution in [0.25, 0.3) is 0 Å². The molecule has 7 nitrogen and oxygen atoms in total. The lowest BCUT2D eigenvalue weighted by Gasteiger charge is -2.33. The zero-order valence-electron chi connectivity index (χ0n) is 18.5. The third kappa shape index (κ3) is 4.70. The fourth-order valence-corrected chi connectivity index (χ4v) is 5.06. The Labute approximate surface area is 188 Å². The van der Waals surface area contributed by atoms with Crippen LogP contribution in [0.5, 0.6) is 0 Å². The molecule has 1 amide bonds. The molecule has 0 bridgehead atoms. The van der Waals surface area contributed by atoms with E-state index in [0.29, 0.717) is 24.2 Å². The molecular formula is C24H31FN4O3. The number of Topliss-reactive ketones (excluding diaryl/α,β-unsaturated/α-hetero) is 1. The van der Waals surface area contributed by atoms with Crippen molar-refractivity contribution in [3.05, 3.63) is 47.9 Å². The van der Waals surface area contributed by atoms with Gasteiger partial charge in [0, 0.05) is 44.0 Å². The molecule has 32 heavy (non-hydrogen) atoms. The molecule has 2 atom stereocenters. The second-order valence-electron chi connectivity index (χ2n) is 8.99. The Balaban J connectivity index is 1.25. The molecule has 1 aromatic rings. The fourth-order valence-electron chi connectivity index (χ4n) is 5.06. The van der Waals surface area contributed by atoms with Crippen molar-refractivity contribution in [2.45, 2.75) is 31.7 Å². The zero-order chi connectivity index (χ0) is 22.7. The molecule has 0 aromatic heterocycles. The maximum atomic E-state index is 13.1. The molecule has 3 aliphatic heterocycles. The number of fused-ring (bicyclic) bond motifs is 1. The number of ketones is 1. The first kappa shape index (κ1) is 22.5. The van der Waals surface area contributed by atoms with Gasteiger partial charge in [0.25, 0.3) is 0 Å². The van der Waals surface area contributed by atoms with Gasteiger partial charge in [0.2, 0.25) is 5.91 Å². The first-order chi connectivity index (χ1) is 15.5. The largest absolute Gasteiger partial charge is 0.411 e. The van der Waals surface area contributed by atoms with Crippen LogP contribution in [0, 0.1) is 17.7 Å². The lowest BCUT2D eigenvalue weighted by Crippen LogP contribution is -2.46. The number of halogens is 1. The van der Waals surface area contributed by atoms with Crippen molar-refractivity contribution in [1.29, 1.82) is 0 Å². The highest BCUT2D eigenvalue weighted by molar-refractivity contribution is 5.98. The van der Waals surface area contributed by atoms with Crippen molar-refractivity contribution < 1.29 is 19.2 Å². The van der Waals surface area contributed by atoms with Crippen molar-refractivity contribution in [3.63, 3.8) is 0 Å². The van der Waals surface area contributed by atoms with E-state index in [4.69, 9.17) is 0 Å². The van der Waals surface area contributed by atoms with Crippen molar-refractivity contribution >= 4 is 17.4 Å². The Morgan fingerprint density at radius 3 is 2.56 bits per heavy atom. The van der Waals surface area contributed by atoms with E-state index < -0.39 is 0 Å². The van der Waals surface area contributed by atoms with E-state index >= 15 is 0 Å². The number of hydrogen-bond donors (Lipinski definition) is 1. The van der Waals surface area contributed by atoms with Crippen molar-refractivity contribution in [1.82, 2.24) is 14.7 Å². The van der Waals surface area contributed by atoms with Crippen molar-refractivity contribution in [2.24, 2.45) is 17.0 Å². The number of benzene rings is 1. The van der Waals surface area contributed by atoms with Gasteiger partial charge < -0.3 is 19.9 Å². The van der Waals surface area contributed by atoms with Gasteiger partial charge in [-0.15, -0.1) is 0 Å². The lowest BCUT2D eigenvalue weighted by molar-refractivity contribution is -0.134. The SMILES string of the molecule is CN1CC/C(=N/O)C2C=CN(CCCN3CCC(C(=O)c4ccc(F)cc4)CC3)C2C1=O. The van der Waals surface area contributed by atoms with E-state index in [2.05, 4.69) is 15.0 Å². The van der Waals surface area contributed by atoms with E-state index in [-0.39, 0.29) is 35.4 Å². The Morgan fingerprint density at radius 2 is 1.88 bits per heavy atom. The minimum Gasteiger partial charge on any atom is -0.411 e. The number of carbonyl (C=O) groups is 2. The topological polar surface area (TPSA) is 76.5 Å². The average molecular weight is 443 g/mol. The van der Waals surface area contributed by atoms with E-state index in [1.807, 2.05) is 12.3 Å². The summed E-state index contributed by atoms with van der Waals surface area (Å²) in [5.74, 6) is -0.318. The van der Waals surface area contributed by atoms with Gasteiger partial charge in [-0.2, -0.15) is 0 Å². The second-order valence-corrected chi connectivity index (χ2v) is 8.99. The molecular weight excluding hydrogens is 411 g/mol. The van der Waals surface area contributed by atoms with Gasteiger partial charge in [-0.05, 0) is 69.4 Å². The van der Waals surface area contributed by atoms with Gasteiger partial charge in [-0.3, -0.25) is 9.59 Å². The van der Waals surface area contributed by atoms with Gasteiger partial charge in [-0.25, -0.2) is 4.39 Å². The smallest absolute Gasteiger partial charge is 0.246 e. The molecule has 3 heterocycles. The standard InChI is InChI=1S/C24H31FN4O3/c1-27-13-10-21(26-32)20-9-16-29(22(20)24(27)31)12-2-11-28-14-7-18(8-15-28)23(30)17-3-5-19(25)6-4-17/h3-6,9,16,18,20,22,32H,2,7-8,10-15H2,1H3/b26-21-. The molecule has 2 unspecified atom stereocenters. The van der Waals surface area contributed by atoms with Crippen LogP contribution in [0.4, 0.5) is 4.39 Å². The fraction of sp³-hybridized carbons (Fsp3) is 0.542. The molecule has 4 rings (SSSR count). The van der Waals surface area contributed by atoms with Crippen LogP contribution in [0.1, 0.15) is 36.0 Å². The van der Waals surface area contributed by atoms with Crippen LogP contribution in [-0.2, 0) is 4.79 Å². The third-order valence-electron chi connectivity index (χ3n) is 7.01. The summed E-state index contributed by atoms with van der Waals surface area (Å²) < 4.78 is 13.1. The Kier molecular flexibility index (Phi) is 6.89. The first-order valence-electron chi connectivity index (χ1n) is 11.4. The minimum atomic E-state index is -0.326. The summed E-state index contributed by atoms with van der Waals surface area (Å²) in [6, 6.07) is 5.49. The predicted molar refractivity (Wildman–Crippen MR) is 119 cm³/mol. The molecule has 0 spiro atoms. The van der Waals surface area contributed by atoms with Gasteiger partial charge in [0.05, 0.1) is 5.71 Å². The molecule has 2 saturated heterocycles. The number of likely N-dealkylation sites (N-methyl/N-ethyl adjacent to an activating group) is 1. The monoisotopic (exact) mass is 442 g/mol. The number of likely N-dealkylation sites (tertiary alicyclic amines) is 2. The molecule has 172 valence electrons. The number of hydrogen-bond acceptors (Lipinski definition) is 6. The van der Waals surface area contributed by atoms with Crippen LogP contribution in [-0.4, -0.2) is 83.1 Å². The number of carbonyl (C=O) groups excluding carboxylic acids is 2. The predicted octanol–water partition coefficient (Wildman–Crippen LogP) is 2.62. The Morgan fingerprint density at radius 1 is 1.16 bits per heavy atom. The first-order valence-corrected chi connectivity index (χ1v) is 11.4. The highest BCUT2D eigenvalue weighted by Gasteiger charge is 2.41. The molecule has 3 aliphatic rings. The summed E-state index contributed by atoms with van der Waals surface area (Å²) in [7, 11) is 1.80. The van der Waals surface area contributed by atoms with E-state index in [1.165, 1.54) is 12.1 Å². The molecule has 0 aliphatic carbocycles. The van der Waals surface area contributed by atoms with Crippen LogP contribution in [0.15, 0.2) is 41.7 Å². The van der Waals surface area contributed by atoms with Crippen molar-refractivity contribution in [2.75, 3.05) is 39.8 Å². The van der Waals surface area contributed by atoms with Gasteiger partial charge >= 0.3 is 0 Å². The summed E-state index contributed by atoms with van der Waals surface area (Å²) in [5, 5.41) is 12.8. The number of rotatable bonds is 6. The molecule has 0 saturated carbocycles. The van der Waals surface area contributed by atoms with E-state index in [1.54, 1.807) is 24.1 Å². The van der Waals surface area contributed by atoms with Crippen molar-refractivity contribution in [3.8, 4) is 0 Å². The van der Waals surface area contributed by atoms with E-state index in [0.717, 1.165) is 45.4 Å². The Hall–Kier alpha value is -2.74. The number of nitrogens with zero attached hydrogens (tertiary/aromatic N) is 4. The molecule has 8 heteroatoms. The summed E-state index contributed by atoms with van der Waals surface area (Å²) in [6.45, 7) is 3.96. The van der Waals surface area contributed by atoms with Gasteiger partial charge in [-0.1, -0.05) is 11.2 Å². The zero-order valence-corrected chi connectivity index (χ0v) is 18.5. The van der Waals surface area contributed by atoms with Crippen LogP contribution >= 0.6 is 0 Å². The molecule has 1 aromatic carbocycles. The molecule has 0 radical (unpaired) electrons. The molecule has 2 fully saturated rings. The number of oxime groups is 1. The summed E-state index contributed by atoms with van der Waals surface area (Å²) >= 11 is 0. The number of piperidine rings is 1. The van der Waals surface area contributed by atoms with Gasteiger partial charge in [0.15, 0.2) is 5.78 Å². The highest BCUT2D eigenvalue weighted by Crippen LogP contribution is 2.29. The highest BCUT2D eigenvalue weighted by atomic mass is 19.1. The minimum absolute atomic E-state index is 0.00526. The van der Waals surface area contributed by atoms with Gasteiger partial charge in [0.1, 0.15) is 11.9 Å².